The van der Waals surface area contributed by atoms with Crippen molar-refractivity contribution in [3.63, 3.8) is 0 Å². The third-order valence-corrected chi connectivity index (χ3v) is 3.38. The molecule has 0 aliphatic heterocycles. The van der Waals surface area contributed by atoms with Crippen molar-refractivity contribution in [2.45, 2.75) is 20.4 Å². The summed E-state index contributed by atoms with van der Waals surface area (Å²) in [5, 5.41) is 0. The molecular weight excluding hydrogens is 268 g/mol. The van der Waals surface area contributed by atoms with Gasteiger partial charge in [0.25, 0.3) is 0 Å². The van der Waals surface area contributed by atoms with Crippen LogP contribution in [0.4, 0.5) is 0 Å². The van der Waals surface area contributed by atoms with Crippen LogP contribution in [0.15, 0.2) is 24.3 Å². The summed E-state index contributed by atoms with van der Waals surface area (Å²) in [5.74, 6) is -0.257. The van der Waals surface area contributed by atoms with Crippen molar-refractivity contribution < 1.29 is 14.3 Å². The fraction of sp³-hybridized carbons (Fsp3) is 0.500. The van der Waals surface area contributed by atoms with E-state index in [1.165, 1.54) is 7.11 Å². The van der Waals surface area contributed by atoms with Gasteiger partial charge in [-0.3, -0.25) is 9.69 Å². The highest BCUT2D eigenvalue weighted by Crippen LogP contribution is 2.12. The van der Waals surface area contributed by atoms with Crippen LogP contribution < -0.4 is 0 Å². The molecule has 0 saturated carbocycles. The van der Waals surface area contributed by atoms with Gasteiger partial charge in [-0.1, -0.05) is 18.2 Å². The molecule has 0 unspecified atom stereocenters. The first kappa shape index (κ1) is 17.2. The van der Waals surface area contributed by atoms with E-state index in [-0.39, 0.29) is 11.9 Å². The second-order valence-corrected chi connectivity index (χ2v) is 4.89. The molecule has 0 fully saturated rings. The van der Waals surface area contributed by atoms with Crippen molar-refractivity contribution in [1.29, 1.82) is 0 Å². The summed E-state index contributed by atoms with van der Waals surface area (Å²) >= 11 is 0. The van der Waals surface area contributed by atoms with Crippen molar-refractivity contribution >= 4 is 11.9 Å². The van der Waals surface area contributed by atoms with Gasteiger partial charge in [-0.25, -0.2) is 4.79 Å². The monoisotopic (exact) mass is 292 g/mol. The van der Waals surface area contributed by atoms with Gasteiger partial charge in [0.15, 0.2) is 0 Å². The van der Waals surface area contributed by atoms with Crippen LogP contribution in [0.1, 0.15) is 29.8 Å². The Morgan fingerprint density at radius 3 is 2.33 bits per heavy atom. The maximum absolute atomic E-state index is 12.1. The molecular formula is C16H24N2O3. The molecule has 0 heterocycles. The van der Waals surface area contributed by atoms with Crippen molar-refractivity contribution in [3.05, 3.63) is 35.4 Å². The van der Waals surface area contributed by atoms with E-state index in [4.69, 9.17) is 4.74 Å². The summed E-state index contributed by atoms with van der Waals surface area (Å²) in [6.07, 6.45) is 0. The van der Waals surface area contributed by atoms with Crippen LogP contribution in [0, 0.1) is 0 Å². The van der Waals surface area contributed by atoms with Gasteiger partial charge in [-0.15, -0.1) is 0 Å². The van der Waals surface area contributed by atoms with Crippen LogP contribution >= 0.6 is 0 Å². The van der Waals surface area contributed by atoms with E-state index in [2.05, 4.69) is 0 Å². The summed E-state index contributed by atoms with van der Waals surface area (Å²) in [7, 11) is 3.24. The first-order valence-electron chi connectivity index (χ1n) is 7.16. The Morgan fingerprint density at radius 1 is 1.14 bits per heavy atom. The molecule has 0 spiro atoms. The average molecular weight is 292 g/mol. The van der Waals surface area contributed by atoms with Gasteiger partial charge in [0.05, 0.1) is 19.2 Å². The Morgan fingerprint density at radius 2 is 1.76 bits per heavy atom. The quantitative estimate of drug-likeness (QED) is 0.719. The molecule has 0 bridgehead atoms. The highest BCUT2D eigenvalue weighted by molar-refractivity contribution is 5.91. The zero-order chi connectivity index (χ0) is 15.8. The molecule has 5 nitrogen and oxygen atoms in total. The molecule has 116 valence electrons. The molecule has 1 rings (SSSR count). The normalized spacial score (nSPS) is 10.5. The van der Waals surface area contributed by atoms with E-state index in [9.17, 15) is 9.59 Å². The van der Waals surface area contributed by atoms with E-state index in [1.54, 1.807) is 17.0 Å². The predicted octanol–water partition coefficient (Wildman–Crippen LogP) is 1.77. The topological polar surface area (TPSA) is 49.9 Å². The number of hydrogen-bond donors (Lipinski definition) is 0. The maximum atomic E-state index is 12.1. The van der Waals surface area contributed by atoms with E-state index in [0.717, 1.165) is 5.56 Å². The van der Waals surface area contributed by atoms with Crippen LogP contribution in [-0.4, -0.2) is 55.5 Å². The summed E-state index contributed by atoms with van der Waals surface area (Å²) in [6, 6.07) is 7.30. The highest BCUT2D eigenvalue weighted by atomic mass is 16.5. The van der Waals surface area contributed by atoms with Gasteiger partial charge >= 0.3 is 5.97 Å². The first-order chi connectivity index (χ1) is 10.0. The number of amides is 1. The largest absolute Gasteiger partial charge is 0.465 e. The number of carbonyl (C=O) groups is 2. The molecule has 0 aromatic heterocycles. The third-order valence-electron chi connectivity index (χ3n) is 3.38. The Labute approximate surface area is 126 Å². The first-order valence-corrected chi connectivity index (χ1v) is 7.16. The molecule has 5 heteroatoms. The van der Waals surface area contributed by atoms with Gasteiger partial charge in [-0.2, -0.15) is 0 Å². The van der Waals surface area contributed by atoms with E-state index in [1.807, 2.05) is 37.9 Å². The van der Waals surface area contributed by atoms with Crippen molar-refractivity contribution in [3.8, 4) is 0 Å². The minimum atomic E-state index is -0.353. The fourth-order valence-corrected chi connectivity index (χ4v) is 2.22. The van der Waals surface area contributed by atoms with Crippen LogP contribution in [0.5, 0.6) is 0 Å². The number of nitrogens with zero attached hydrogens (tertiary/aromatic N) is 2. The molecule has 0 saturated heterocycles. The maximum Gasteiger partial charge on any atom is 0.338 e. The predicted molar refractivity (Wildman–Crippen MR) is 82.0 cm³/mol. The van der Waals surface area contributed by atoms with E-state index in [0.29, 0.717) is 31.7 Å². The highest BCUT2D eigenvalue weighted by Gasteiger charge is 2.16. The number of likely N-dealkylation sites (N-methyl/N-ethyl adjacent to an activating group) is 2. The number of hydrogen-bond acceptors (Lipinski definition) is 4. The number of esters is 1. The zero-order valence-electron chi connectivity index (χ0n) is 13.3. The number of benzene rings is 1. The van der Waals surface area contributed by atoms with Crippen LogP contribution in [0.25, 0.3) is 0 Å². The SMILES string of the molecule is CCN(CC)C(=O)CN(C)Cc1ccccc1C(=O)OC. The van der Waals surface area contributed by atoms with Gasteiger partial charge in [0.2, 0.25) is 5.91 Å². The molecule has 0 aliphatic carbocycles. The molecule has 1 amide bonds. The Hall–Kier alpha value is -1.88. The van der Waals surface area contributed by atoms with Crippen LogP contribution in [0.2, 0.25) is 0 Å². The average Bonchev–Trinajstić information content (AvgIpc) is 2.48. The van der Waals surface area contributed by atoms with E-state index < -0.39 is 0 Å². The fourth-order valence-electron chi connectivity index (χ4n) is 2.22. The summed E-state index contributed by atoms with van der Waals surface area (Å²) < 4.78 is 4.78. The Bertz CT molecular complexity index is 484. The van der Waals surface area contributed by atoms with Gasteiger partial charge < -0.3 is 9.64 Å². The molecule has 1 aromatic rings. The smallest absolute Gasteiger partial charge is 0.338 e. The lowest BCUT2D eigenvalue weighted by atomic mass is 10.1. The summed E-state index contributed by atoms with van der Waals surface area (Å²) in [5.41, 5.74) is 1.40. The lowest BCUT2D eigenvalue weighted by molar-refractivity contribution is -0.131. The molecule has 21 heavy (non-hydrogen) atoms. The minimum absolute atomic E-state index is 0.0954. The van der Waals surface area contributed by atoms with Gasteiger partial charge in [0, 0.05) is 19.6 Å². The minimum Gasteiger partial charge on any atom is -0.465 e. The van der Waals surface area contributed by atoms with Crippen LogP contribution in [-0.2, 0) is 16.1 Å². The standard InChI is InChI=1S/C16H24N2O3/c1-5-18(6-2)15(19)12-17(3)11-13-9-7-8-10-14(13)16(20)21-4/h7-10H,5-6,11-12H2,1-4H3. The summed E-state index contributed by atoms with van der Waals surface area (Å²) in [4.78, 5) is 27.5. The summed E-state index contributed by atoms with van der Waals surface area (Å²) in [6.45, 7) is 6.21. The molecule has 0 aliphatic rings. The Balaban J connectivity index is 2.73. The van der Waals surface area contributed by atoms with Gasteiger partial charge in [0.1, 0.15) is 0 Å². The third kappa shape index (κ3) is 4.86. The van der Waals surface area contributed by atoms with Crippen LogP contribution in [0.3, 0.4) is 0 Å². The molecule has 0 radical (unpaired) electrons. The second kappa shape index (κ2) is 8.42. The second-order valence-electron chi connectivity index (χ2n) is 4.89. The number of methoxy groups -OCH3 is 1. The number of carbonyl (C=O) groups excluding carboxylic acids is 2. The molecule has 0 N–H and O–H groups in total. The van der Waals surface area contributed by atoms with Crippen molar-refractivity contribution in [2.24, 2.45) is 0 Å². The zero-order valence-corrected chi connectivity index (χ0v) is 13.3. The van der Waals surface area contributed by atoms with Crippen molar-refractivity contribution in [1.82, 2.24) is 9.80 Å². The van der Waals surface area contributed by atoms with Gasteiger partial charge in [-0.05, 0) is 32.5 Å². The number of rotatable bonds is 7. The number of ether oxygens (including phenoxy) is 1. The Kier molecular flexibility index (Phi) is 6.88. The molecule has 1 aromatic carbocycles. The lowest BCUT2D eigenvalue weighted by Crippen LogP contribution is -2.38. The van der Waals surface area contributed by atoms with Crippen molar-refractivity contribution in [2.75, 3.05) is 33.8 Å². The molecule has 0 atom stereocenters. The van der Waals surface area contributed by atoms with E-state index >= 15 is 0 Å². The lowest BCUT2D eigenvalue weighted by Gasteiger charge is -2.23.